The SMILES string of the molecule is CC(C)c1nc(CN2CCC[C@@H]([C@]3(C)NC(=O)NC3=O)C2)cs1. The van der Waals surface area contributed by atoms with E-state index in [1.165, 1.54) is 5.01 Å². The van der Waals surface area contributed by atoms with Crippen molar-refractivity contribution in [3.63, 3.8) is 0 Å². The number of aromatic nitrogens is 1. The highest BCUT2D eigenvalue weighted by atomic mass is 32.1. The Labute approximate surface area is 140 Å². The molecule has 2 saturated heterocycles. The third-order valence-corrected chi connectivity index (χ3v) is 6.04. The lowest BCUT2D eigenvalue weighted by atomic mass is 9.80. The number of nitrogens with zero attached hydrogens (tertiary/aromatic N) is 2. The Morgan fingerprint density at radius 1 is 1.48 bits per heavy atom. The molecule has 3 amide bonds. The predicted molar refractivity (Wildman–Crippen MR) is 89.3 cm³/mol. The molecule has 23 heavy (non-hydrogen) atoms. The van der Waals surface area contributed by atoms with Gasteiger partial charge in [0.25, 0.3) is 5.91 Å². The minimum Gasteiger partial charge on any atom is -0.323 e. The molecular weight excluding hydrogens is 312 g/mol. The highest BCUT2D eigenvalue weighted by Crippen LogP contribution is 2.30. The highest BCUT2D eigenvalue weighted by molar-refractivity contribution is 7.09. The zero-order chi connectivity index (χ0) is 16.6. The molecule has 0 radical (unpaired) electrons. The Bertz CT molecular complexity index is 615. The van der Waals surface area contributed by atoms with Crippen molar-refractivity contribution in [2.45, 2.75) is 51.6 Å². The molecule has 2 N–H and O–H groups in total. The molecule has 1 aromatic heterocycles. The van der Waals surface area contributed by atoms with E-state index >= 15 is 0 Å². The van der Waals surface area contributed by atoms with Gasteiger partial charge in [-0.1, -0.05) is 13.8 Å². The quantitative estimate of drug-likeness (QED) is 0.826. The zero-order valence-corrected chi connectivity index (χ0v) is 14.7. The Kier molecular flexibility index (Phi) is 4.42. The summed E-state index contributed by atoms with van der Waals surface area (Å²) in [6.45, 7) is 8.77. The fraction of sp³-hybridized carbons (Fsp3) is 0.688. The van der Waals surface area contributed by atoms with E-state index < -0.39 is 5.54 Å². The Balaban J connectivity index is 1.66. The first-order valence-electron chi connectivity index (χ1n) is 8.18. The van der Waals surface area contributed by atoms with E-state index in [4.69, 9.17) is 4.98 Å². The third-order valence-electron chi connectivity index (χ3n) is 4.84. The van der Waals surface area contributed by atoms with E-state index in [0.717, 1.165) is 38.2 Å². The number of urea groups is 1. The van der Waals surface area contributed by atoms with Crippen LogP contribution in [-0.4, -0.2) is 40.5 Å². The summed E-state index contributed by atoms with van der Waals surface area (Å²) >= 11 is 1.71. The maximum absolute atomic E-state index is 12.1. The van der Waals surface area contributed by atoms with Gasteiger partial charge in [-0.3, -0.25) is 15.0 Å². The molecule has 0 spiro atoms. The number of imide groups is 1. The average molecular weight is 336 g/mol. The first kappa shape index (κ1) is 16.4. The van der Waals surface area contributed by atoms with Crippen molar-refractivity contribution in [1.29, 1.82) is 0 Å². The van der Waals surface area contributed by atoms with Gasteiger partial charge in [-0.2, -0.15) is 0 Å². The molecule has 0 unspecified atom stereocenters. The molecule has 0 saturated carbocycles. The van der Waals surface area contributed by atoms with Crippen LogP contribution in [0.25, 0.3) is 0 Å². The van der Waals surface area contributed by atoms with Crippen LogP contribution in [0.3, 0.4) is 0 Å². The van der Waals surface area contributed by atoms with Crippen LogP contribution in [0.1, 0.15) is 50.2 Å². The average Bonchev–Trinajstić information content (AvgIpc) is 3.05. The molecule has 6 nitrogen and oxygen atoms in total. The molecule has 126 valence electrons. The maximum atomic E-state index is 12.1. The Hall–Kier alpha value is -1.47. The summed E-state index contributed by atoms with van der Waals surface area (Å²) < 4.78 is 0. The molecule has 1 aromatic rings. The maximum Gasteiger partial charge on any atom is 0.322 e. The summed E-state index contributed by atoms with van der Waals surface area (Å²) in [5, 5.41) is 8.48. The smallest absolute Gasteiger partial charge is 0.322 e. The van der Waals surface area contributed by atoms with Gasteiger partial charge in [-0.25, -0.2) is 9.78 Å². The number of carbonyl (C=O) groups excluding carboxylic acids is 2. The lowest BCUT2D eigenvalue weighted by Crippen LogP contribution is -2.55. The first-order valence-corrected chi connectivity index (χ1v) is 9.06. The Morgan fingerprint density at radius 3 is 2.87 bits per heavy atom. The first-order chi connectivity index (χ1) is 10.9. The molecular formula is C16H24N4O2S. The van der Waals surface area contributed by atoms with Gasteiger partial charge in [0.15, 0.2) is 0 Å². The van der Waals surface area contributed by atoms with Crippen molar-refractivity contribution in [3.05, 3.63) is 16.1 Å². The van der Waals surface area contributed by atoms with E-state index in [1.807, 2.05) is 6.92 Å². The molecule has 0 aliphatic carbocycles. The third kappa shape index (κ3) is 3.26. The fourth-order valence-electron chi connectivity index (χ4n) is 3.40. The molecule has 2 fully saturated rings. The van der Waals surface area contributed by atoms with Crippen molar-refractivity contribution < 1.29 is 9.59 Å². The highest BCUT2D eigenvalue weighted by Gasteiger charge is 2.48. The lowest BCUT2D eigenvalue weighted by molar-refractivity contribution is -0.126. The van der Waals surface area contributed by atoms with Gasteiger partial charge in [-0.15, -0.1) is 11.3 Å². The summed E-state index contributed by atoms with van der Waals surface area (Å²) in [5.41, 5.74) is 0.311. The molecule has 7 heteroatoms. The van der Waals surface area contributed by atoms with E-state index in [9.17, 15) is 9.59 Å². The van der Waals surface area contributed by atoms with Gasteiger partial charge in [0.1, 0.15) is 5.54 Å². The minimum absolute atomic E-state index is 0.130. The number of likely N-dealkylation sites (tertiary alicyclic amines) is 1. The van der Waals surface area contributed by atoms with Crippen LogP contribution in [0, 0.1) is 5.92 Å². The number of hydrogen-bond donors (Lipinski definition) is 2. The minimum atomic E-state index is -0.791. The topological polar surface area (TPSA) is 74.3 Å². The van der Waals surface area contributed by atoms with Gasteiger partial charge in [0.05, 0.1) is 10.7 Å². The number of rotatable bonds is 4. The van der Waals surface area contributed by atoms with Crippen molar-refractivity contribution >= 4 is 23.3 Å². The summed E-state index contributed by atoms with van der Waals surface area (Å²) in [7, 11) is 0. The van der Waals surface area contributed by atoms with Crippen LogP contribution in [0.2, 0.25) is 0 Å². The number of thiazole rings is 1. The van der Waals surface area contributed by atoms with Gasteiger partial charge in [0, 0.05) is 30.3 Å². The van der Waals surface area contributed by atoms with Crippen LogP contribution in [-0.2, 0) is 11.3 Å². The number of carbonyl (C=O) groups is 2. The fourth-order valence-corrected chi connectivity index (χ4v) is 4.23. The number of hydrogen-bond acceptors (Lipinski definition) is 5. The van der Waals surface area contributed by atoms with E-state index in [0.29, 0.717) is 5.92 Å². The second kappa shape index (κ2) is 6.20. The summed E-state index contributed by atoms with van der Waals surface area (Å²) in [6.07, 6.45) is 1.99. The van der Waals surface area contributed by atoms with Crippen molar-refractivity contribution in [2.24, 2.45) is 5.92 Å². The van der Waals surface area contributed by atoms with Crippen LogP contribution in [0.5, 0.6) is 0 Å². The normalized spacial score (nSPS) is 29.0. The number of piperidine rings is 1. The summed E-state index contributed by atoms with van der Waals surface area (Å²) in [6, 6.07) is -0.379. The van der Waals surface area contributed by atoms with Crippen LogP contribution < -0.4 is 10.6 Å². The van der Waals surface area contributed by atoms with E-state index in [-0.39, 0.29) is 17.9 Å². The van der Waals surface area contributed by atoms with Gasteiger partial charge in [0.2, 0.25) is 0 Å². The second-order valence-corrected chi connectivity index (χ2v) is 7.91. The largest absolute Gasteiger partial charge is 0.323 e. The molecule has 3 rings (SSSR count). The Morgan fingerprint density at radius 2 is 2.26 bits per heavy atom. The molecule has 2 aliphatic heterocycles. The standard InChI is InChI=1S/C16H24N4O2S/c1-10(2)13-17-12(9-23-13)8-20-6-4-5-11(7-20)16(3)14(21)18-15(22)19-16/h9-11H,4-8H2,1-3H3,(H2,18,19,21,22)/t11-,16+/m1/s1. The van der Waals surface area contributed by atoms with Crippen molar-refractivity contribution in [2.75, 3.05) is 13.1 Å². The monoisotopic (exact) mass is 336 g/mol. The second-order valence-electron chi connectivity index (χ2n) is 7.02. The molecule has 0 bridgehead atoms. The van der Waals surface area contributed by atoms with Crippen LogP contribution >= 0.6 is 11.3 Å². The molecule has 2 atom stereocenters. The summed E-state index contributed by atoms with van der Waals surface area (Å²) in [5.74, 6) is 0.384. The van der Waals surface area contributed by atoms with Crippen LogP contribution in [0.4, 0.5) is 4.79 Å². The number of nitrogens with one attached hydrogen (secondary N) is 2. The predicted octanol–water partition coefficient (Wildman–Crippen LogP) is 2.08. The molecule has 2 aliphatic rings. The van der Waals surface area contributed by atoms with Crippen molar-refractivity contribution in [3.8, 4) is 0 Å². The zero-order valence-electron chi connectivity index (χ0n) is 13.9. The van der Waals surface area contributed by atoms with Crippen LogP contribution in [0.15, 0.2) is 5.38 Å². The van der Waals surface area contributed by atoms with E-state index in [1.54, 1.807) is 11.3 Å². The van der Waals surface area contributed by atoms with Gasteiger partial charge in [-0.05, 0) is 26.3 Å². The van der Waals surface area contributed by atoms with Crippen molar-refractivity contribution in [1.82, 2.24) is 20.5 Å². The molecule has 3 heterocycles. The van der Waals surface area contributed by atoms with E-state index in [2.05, 4.69) is 34.8 Å². The van der Waals surface area contributed by atoms with Gasteiger partial charge < -0.3 is 5.32 Å². The molecule has 0 aromatic carbocycles. The summed E-state index contributed by atoms with van der Waals surface area (Å²) in [4.78, 5) is 30.7. The van der Waals surface area contributed by atoms with Gasteiger partial charge >= 0.3 is 6.03 Å². The number of amides is 3. The lowest BCUT2D eigenvalue weighted by Gasteiger charge is -2.39.